The minimum atomic E-state index is 0.209. The second-order valence-corrected chi connectivity index (χ2v) is 9.59. The minimum absolute atomic E-state index is 0.209. The first-order chi connectivity index (χ1) is 17.1. The van der Waals surface area contributed by atoms with E-state index in [1.807, 2.05) is 18.2 Å². The smallest absolute Gasteiger partial charge is 0.147 e. The highest BCUT2D eigenvalue weighted by Gasteiger charge is 2.24. The van der Waals surface area contributed by atoms with E-state index in [0.717, 1.165) is 69.3 Å². The molecule has 35 heavy (non-hydrogen) atoms. The monoisotopic (exact) mass is 479 g/mol. The average Bonchev–Trinajstić information content (AvgIpc) is 3.60. The van der Waals surface area contributed by atoms with Crippen LogP contribution >= 0.6 is 11.3 Å². The van der Waals surface area contributed by atoms with Crippen LogP contribution in [0.1, 0.15) is 16.8 Å². The van der Waals surface area contributed by atoms with E-state index in [1.165, 1.54) is 5.56 Å². The second kappa shape index (κ2) is 8.65. The number of H-pyrrole nitrogens is 2. The number of nitrogens with two attached hydrogens (primary N) is 1. The summed E-state index contributed by atoms with van der Waals surface area (Å²) in [5, 5.41) is 13.1. The van der Waals surface area contributed by atoms with Gasteiger partial charge in [0.1, 0.15) is 11.5 Å². The molecule has 1 saturated heterocycles. The van der Waals surface area contributed by atoms with Crippen molar-refractivity contribution in [1.82, 2.24) is 25.1 Å². The lowest BCUT2D eigenvalue weighted by molar-refractivity contribution is 0.514. The maximum atomic E-state index is 5.94. The van der Waals surface area contributed by atoms with Crippen molar-refractivity contribution in [3.05, 3.63) is 89.0 Å². The van der Waals surface area contributed by atoms with Crippen molar-refractivity contribution in [3.8, 4) is 22.6 Å². The first kappa shape index (κ1) is 21.5. The number of aryl methyl sites for hydroxylation is 1. The summed E-state index contributed by atoms with van der Waals surface area (Å²) in [7, 11) is 0. The molecule has 0 aliphatic carbocycles. The van der Waals surface area contributed by atoms with Crippen molar-refractivity contribution in [2.24, 2.45) is 5.73 Å². The van der Waals surface area contributed by atoms with Gasteiger partial charge in [0.25, 0.3) is 0 Å². The van der Waals surface area contributed by atoms with E-state index >= 15 is 0 Å². The van der Waals surface area contributed by atoms with Gasteiger partial charge in [0.2, 0.25) is 0 Å². The summed E-state index contributed by atoms with van der Waals surface area (Å²) < 4.78 is 0. The number of allylic oxidation sites excluding steroid dienone is 2. The molecule has 1 aromatic carbocycles. The van der Waals surface area contributed by atoms with Gasteiger partial charge in [0.15, 0.2) is 0 Å². The standard InChI is InChI=1S/C27H25N7S/c1-3-4-20(18-7-8-35-15-18)21-10-24(30-16(21)2)27-22-9-17(5-6-23(22)32-33-27)25-11-29-12-26(31-25)34-13-19(28)14-34/h3-12,15,19,30H,1,13-14,28H2,2H3,(H,32,33)/b20-4-. The molecule has 0 atom stereocenters. The lowest BCUT2D eigenvalue weighted by Gasteiger charge is -2.37. The number of benzene rings is 1. The predicted molar refractivity (Wildman–Crippen MR) is 143 cm³/mol. The highest BCUT2D eigenvalue weighted by molar-refractivity contribution is 7.08. The van der Waals surface area contributed by atoms with Gasteiger partial charge in [0.05, 0.1) is 29.3 Å². The highest BCUT2D eigenvalue weighted by atomic mass is 32.1. The number of fused-ring (bicyclic) bond motifs is 1. The first-order valence-corrected chi connectivity index (χ1v) is 12.4. The molecule has 174 valence electrons. The van der Waals surface area contributed by atoms with Crippen LogP contribution < -0.4 is 10.6 Å². The van der Waals surface area contributed by atoms with Gasteiger partial charge in [-0.3, -0.25) is 10.1 Å². The Bertz CT molecular complexity index is 1550. The Morgan fingerprint density at radius 2 is 2.11 bits per heavy atom. The summed E-state index contributed by atoms with van der Waals surface area (Å²) >= 11 is 1.69. The van der Waals surface area contributed by atoms with Crippen molar-refractivity contribution >= 4 is 33.6 Å². The number of aromatic amines is 2. The molecule has 5 aromatic rings. The second-order valence-electron chi connectivity index (χ2n) is 8.81. The molecule has 6 rings (SSSR count). The van der Waals surface area contributed by atoms with Crippen LogP contribution in [0, 0.1) is 6.92 Å². The Kier molecular flexibility index (Phi) is 5.32. The summed E-state index contributed by atoms with van der Waals surface area (Å²) in [6, 6.07) is 10.7. The van der Waals surface area contributed by atoms with Gasteiger partial charge in [-0.2, -0.15) is 16.4 Å². The quantitative estimate of drug-likeness (QED) is 0.293. The van der Waals surface area contributed by atoms with Gasteiger partial charge in [0, 0.05) is 41.3 Å². The molecule has 0 saturated carbocycles. The molecule has 0 bridgehead atoms. The Hall–Kier alpha value is -4.01. The van der Waals surface area contributed by atoms with E-state index in [-0.39, 0.29) is 6.04 Å². The van der Waals surface area contributed by atoms with Crippen LogP contribution in [0.2, 0.25) is 0 Å². The number of aromatic nitrogens is 5. The van der Waals surface area contributed by atoms with Crippen molar-refractivity contribution in [2.45, 2.75) is 13.0 Å². The Morgan fingerprint density at radius 1 is 1.23 bits per heavy atom. The fourth-order valence-corrected chi connectivity index (χ4v) is 5.22. The number of thiophene rings is 1. The molecule has 0 amide bonds. The van der Waals surface area contributed by atoms with Gasteiger partial charge in [-0.25, -0.2) is 4.98 Å². The minimum Gasteiger partial charge on any atom is -0.357 e. The molecule has 1 aliphatic rings. The van der Waals surface area contributed by atoms with Gasteiger partial charge in [-0.15, -0.1) is 0 Å². The summed E-state index contributed by atoms with van der Waals surface area (Å²) in [5.74, 6) is 0.858. The Balaban J connectivity index is 1.39. The van der Waals surface area contributed by atoms with Crippen LogP contribution in [-0.4, -0.2) is 44.3 Å². The lowest BCUT2D eigenvalue weighted by Crippen LogP contribution is -2.56. The number of rotatable bonds is 6. The molecule has 0 unspecified atom stereocenters. The van der Waals surface area contributed by atoms with E-state index in [2.05, 4.69) is 73.6 Å². The largest absolute Gasteiger partial charge is 0.357 e. The summed E-state index contributed by atoms with van der Waals surface area (Å²) in [4.78, 5) is 15.0. The number of nitrogens with one attached hydrogen (secondary N) is 2. The molecule has 1 aliphatic heterocycles. The molecule has 0 radical (unpaired) electrons. The zero-order valence-corrected chi connectivity index (χ0v) is 20.1. The zero-order chi connectivity index (χ0) is 23.9. The van der Waals surface area contributed by atoms with Gasteiger partial charge >= 0.3 is 0 Å². The SMILES string of the molecule is C=C/C=C(/c1ccsc1)c1cc(-c2n[nH]c3ccc(-c4cncc(N5CC(N)C5)n4)cc23)[nH]c1C. The molecular weight excluding hydrogens is 454 g/mol. The highest BCUT2D eigenvalue weighted by Crippen LogP contribution is 2.34. The maximum Gasteiger partial charge on any atom is 0.147 e. The first-order valence-electron chi connectivity index (χ1n) is 11.5. The van der Waals surface area contributed by atoms with Crippen molar-refractivity contribution in [1.29, 1.82) is 0 Å². The maximum absolute atomic E-state index is 5.94. The van der Waals surface area contributed by atoms with E-state index in [1.54, 1.807) is 23.7 Å². The van der Waals surface area contributed by atoms with Gasteiger partial charge in [-0.1, -0.05) is 24.8 Å². The zero-order valence-electron chi connectivity index (χ0n) is 19.3. The number of anilines is 1. The van der Waals surface area contributed by atoms with Crippen LogP contribution in [0.3, 0.4) is 0 Å². The number of hydrogen-bond acceptors (Lipinski definition) is 6. The summed E-state index contributed by atoms with van der Waals surface area (Å²) in [5.41, 5.74) is 15.1. The van der Waals surface area contributed by atoms with E-state index in [0.29, 0.717) is 0 Å². The topological polar surface area (TPSA) is 99.5 Å². The van der Waals surface area contributed by atoms with Crippen LogP contribution in [0.5, 0.6) is 0 Å². The predicted octanol–water partition coefficient (Wildman–Crippen LogP) is 5.15. The van der Waals surface area contributed by atoms with Crippen molar-refractivity contribution in [2.75, 3.05) is 18.0 Å². The van der Waals surface area contributed by atoms with Crippen molar-refractivity contribution < 1.29 is 0 Å². The summed E-state index contributed by atoms with van der Waals surface area (Å²) in [6.45, 7) is 7.62. The molecule has 1 fully saturated rings. The molecule has 7 nitrogen and oxygen atoms in total. The molecule has 5 heterocycles. The van der Waals surface area contributed by atoms with Crippen LogP contribution in [0.15, 0.2) is 72.2 Å². The fourth-order valence-electron chi connectivity index (χ4n) is 4.57. The average molecular weight is 480 g/mol. The van der Waals surface area contributed by atoms with Crippen LogP contribution in [0.4, 0.5) is 5.82 Å². The lowest BCUT2D eigenvalue weighted by atomic mass is 9.99. The number of nitrogens with zero attached hydrogens (tertiary/aromatic N) is 4. The third-order valence-corrected chi connectivity index (χ3v) is 7.07. The van der Waals surface area contributed by atoms with Crippen LogP contribution in [0.25, 0.3) is 39.1 Å². The molecular formula is C27H25N7S. The van der Waals surface area contributed by atoms with E-state index in [9.17, 15) is 0 Å². The summed E-state index contributed by atoms with van der Waals surface area (Å²) in [6.07, 6.45) is 7.48. The third kappa shape index (κ3) is 3.86. The van der Waals surface area contributed by atoms with Crippen molar-refractivity contribution in [3.63, 3.8) is 0 Å². The number of hydrogen-bond donors (Lipinski definition) is 3. The van der Waals surface area contributed by atoms with E-state index < -0.39 is 0 Å². The normalized spacial score (nSPS) is 14.5. The molecule has 4 N–H and O–H groups in total. The molecule has 0 spiro atoms. The van der Waals surface area contributed by atoms with Crippen LogP contribution in [-0.2, 0) is 0 Å². The fraction of sp³-hybridized carbons (Fsp3) is 0.148. The Morgan fingerprint density at radius 3 is 2.89 bits per heavy atom. The third-order valence-electron chi connectivity index (χ3n) is 6.39. The van der Waals surface area contributed by atoms with E-state index in [4.69, 9.17) is 10.7 Å². The molecule has 8 heteroatoms. The van der Waals surface area contributed by atoms with Gasteiger partial charge < -0.3 is 15.6 Å². The van der Waals surface area contributed by atoms with Gasteiger partial charge in [-0.05, 0) is 53.1 Å². The molecule has 4 aromatic heterocycles. The Labute approximate surface area is 207 Å².